The lowest BCUT2D eigenvalue weighted by atomic mass is 9.97. The second-order valence-corrected chi connectivity index (χ2v) is 6.75. The second-order valence-electron chi connectivity index (χ2n) is 6.75. The summed E-state index contributed by atoms with van der Waals surface area (Å²) in [6, 6.07) is 11.7. The van der Waals surface area contributed by atoms with E-state index in [4.69, 9.17) is 0 Å². The molecule has 1 aliphatic rings. The van der Waals surface area contributed by atoms with E-state index in [0.717, 1.165) is 42.5 Å². The third kappa shape index (κ3) is 4.56. The van der Waals surface area contributed by atoms with Crippen molar-refractivity contribution < 1.29 is 4.79 Å². The van der Waals surface area contributed by atoms with Crippen molar-refractivity contribution in [3.05, 3.63) is 63.6 Å². The molecular weight excluding hydrogens is 314 g/mol. The minimum Gasteiger partial charge on any atom is -0.354 e. The van der Waals surface area contributed by atoms with E-state index in [1.807, 2.05) is 37.3 Å². The third-order valence-electron chi connectivity index (χ3n) is 4.78. The molecule has 3 rings (SSSR count). The molecule has 132 valence electrons. The summed E-state index contributed by atoms with van der Waals surface area (Å²) in [5, 5.41) is 7.37. The maximum Gasteiger partial charge on any atom is 0.267 e. The van der Waals surface area contributed by atoms with Crippen LogP contribution >= 0.6 is 0 Å². The number of amides is 1. The minimum absolute atomic E-state index is 0.00219. The van der Waals surface area contributed by atoms with Crippen LogP contribution in [-0.4, -0.2) is 22.2 Å². The fourth-order valence-electron chi connectivity index (χ4n) is 3.31. The Bertz CT molecular complexity index is 783. The molecule has 1 aliphatic carbocycles. The second kappa shape index (κ2) is 8.10. The molecule has 0 spiro atoms. The van der Waals surface area contributed by atoms with Crippen molar-refractivity contribution in [3.63, 3.8) is 0 Å². The molecule has 1 N–H and O–H groups in total. The van der Waals surface area contributed by atoms with Crippen molar-refractivity contribution in [2.24, 2.45) is 0 Å². The lowest BCUT2D eigenvalue weighted by molar-refractivity contribution is -0.121. The topological polar surface area (TPSA) is 64.0 Å². The van der Waals surface area contributed by atoms with Gasteiger partial charge in [-0.1, -0.05) is 37.3 Å². The molecule has 25 heavy (non-hydrogen) atoms. The molecule has 0 radical (unpaired) electrons. The summed E-state index contributed by atoms with van der Waals surface area (Å²) in [5.74, 6) is 0.174. The van der Waals surface area contributed by atoms with Gasteiger partial charge in [0.2, 0.25) is 5.91 Å². The summed E-state index contributed by atoms with van der Waals surface area (Å²) in [7, 11) is 0. The smallest absolute Gasteiger partial charge is 0.267 e. The number of carbonyl (C=O) groups excluding carboxylic acids is 1. The lowest BCUT2D eigenvalue weighted by Gasteiger charge is -2.16. The fourth-order valence-corrected chi connectivity index (χ4v) is 3.31. The van der Waals surface area contributed by atoms with Crippen molar-refractivity contribution in [1.82, 2.24) is 15.1 Å². The maximum absolute atomic E-state index is 12.1. The number of nitrogens with one attached hydrogen (secondary N) is 1. The Morgan fingerprint density at radius 3 is 2.80 bits per heavy atom. The zero-order valence-electron chi connectivity index (χ0n) is 14.7. The zero-order valence-corrected chi connectivity index (χ0v) is 14.7. The van der Waals surface area contributed by atoms with Gasteiger partial charge in [-0.3, -0.25) is 9.59 Å². The largest absolute Gasteiger partial charge is 0.354 e. The molecule has 1 aromatic heterocycles. The molecule has 5 heteroatoms. The van der Waals surface area contributed by atoms with Crippen molar-refractivity contribution in [2.45, 2.75) is 51.5 Å². The SMILES string of the molecule is CC(CC(=O)NCCn1nc2c(cc1=O)CCCC2)c1ccccc1. The zero-order chi connectivity index (χ0) is 17.6. The first-order valence-corrected chi connectivity index (χ1v) is 9.05. The average Bonchev–Trinajstić information content (AvgIpc) is 2.63. The van der Waals surface area contributed by atoms with Gasteiger partial charge in [0.15, 0.2) is 0 Å². The molecule has 0 saturated heterocycles. The maximum atomic E-state index is 12.1. The monoisotopic (exact) mass is 339 g/mol. The molecule has 5 nitrogen and oxygen atoms in total. The van der Waals surface area contributed by atoms with Crippen LogP contribution in [0.5, 0.6) is 0 Å². The fraction of sp³-hybridized carbons (Fsp3) is 0.450. The summed E-state index contributed by atoms with van der Waals surface area (Å²) in [5.41, 5.74) is 3.21. The van der Waals surface area contributed by atoms with E-state index in [9.17, 15) is 9.59 Å². The van der Waals surface area contributed by atoms with Gasteiger partial charge < -0.3 is 5.32 Å². The van der Waals surface area contributed by atoms with Crippen LogP contribution in [-0.2, 0) is 24.2 Å². The first-order chi connectivity index (χ1) is 12.1. The van der Waals surface area contributed by atoms with E-state index >= 15 is 0 Å². The van der Waals surface area contributed by atoms with Gasteiger partial charge in [0.25, 0.3) is 5.56 Å². The Kier molecular flexibility index (Phi) is 5.64. The Labute approximate surface area is 148 Å². The Hall–Kier alpha value is -2.43. The summed E-state index contributed by atoms with van der Waals surface area (Å²) in [6.45, 7) is 2.88. The number of carbonyl (C=O) groups is 1. The number of hydrogen-bond acceptors (Lipinski definition) is 3. The van der Waals surface area contributed by atoms with Gasteiger partial charge >= 0.3 is 0 Å². The van der Waals surface area contributed by atoms with Crippen LogP contribution in [0.15, 0.2) is 41.2 Å². The standard InChI is InChI=1S/C20H25N3O2/c1-15(16-7-3-2-4-8-16)13-19(24)21-11-12-23-20(25)14-17-9-5-6-10-18(17)22-23/h2-4,7-8,14-15H,5-6,9-13H2,1H3,(H,21,24). The number of aromatic nitrogens is 2. The van der Waals surface area contributed by atoms with E-state index in [2.05, 4.69) is 10.4 Å². The summed E-state index contributed by atoms with van der Waals surface area (Å²) >= 11 is 0. The van der Waals surface area contributed by atoms with Crippen LogP contribution in [0, 0.1) is 0 Å². The van der Waals surface area contributed by atoms with Crippen LogP contribution in [0.3, 0.4) is 0 Å². The predicted octanol–water partition coefficient (Wildman–Crippen LogP) is 2.43. The van der Waals surface area contributed by atoms with Gasteiger partial charge in [0.05, 0.1) is 12.2 Å². The summed E-state index contributed by atoms with van der Waals surface area (Å²) in [4.78, 5) is 24.2. The van der Waals surface area contributed by atoms with Crippen LogP contribution in [0.2, 0.25) is 0 Å². The van der Waals surface area contributed by atoms with Gasteiger partial charge in [-0.05, 0) is 42.7 Å². The normalized spacial score (nSPS) is 14.6. The average molecular weight is 339 g/mol. The van der Waals surface area contributed by atoms with Crippen molar-refractivity contribution in [1.29, 1.82) is 0 Å². The number of benzene rings is 1. The molecule has 1 heterocycles. The Morgan fingerprint density at radius 1 is 1.24 bits per heavy atom. The highest BCUT2D eigenvalue weighted by Gasteiger charge is 2.14. The molecule has 0 bridgehead atoms. The predicted molar refractivity (Wildman–Crippen MR) is 97.6 cm³/mol. The van der Waals surface area contributed by atoms with Crippen molar-refractivity contribution in [2.75, 3.05) is 6.54 Å². The van der Waals surface area contributed by atoms with E-state index in [1.165, 1.54) is 4.68 Å². The van der Waals surface area contributed by atoms with Gasteiger partial charge in [0.1, 0.15) is 0 Å². The van der Waals surface area contributed by atoms with Gasteiger partial charge in [-0.2, -0.15) is 5.10 Å². The third-order valence-corrected chi connectivity index (χ3v) is 4.78. The number of rotatable bonds is 6. The van der Waals surface area contributed by atoms with E-state index < -0.39 is 0 Å². The van der Waals surface area contributed by atoms with Gasteiger partial charge in [-0.15, -0.1) is 0 Å². The number of nitrogens with zero attached hydrogens (tertiary/aromatic N) is 2. The van der Waals surface area contributed by atoms with Crippen LogP contribution in [0.4, 0.5) is 0 Å². The van der Waals surface area contributed by atoms with Gasteiger partial charge in [0, 0.05) is 19.0 Å². The molecule has 2 aromatic rings. The van der Waals surface area contributed by atoms with E-state index in [-0.39, 0.29) is 17.4 Å². The van der Waals surface area contributed by atoms with E-state index in [1.54, 1.807) is 6.07 Å². The van der Waals surface area contributed by atoms with Crippen LogP contribution < -0.4 is 10.9 Å². The van der Waals surface area contributed by atoms with Crippen molar-refractivity contribution in [3.8, 4) is 0 Å². The Balaban J connectivity index is 1.51. The summed E-state index contributed by atoms with van der Waals surface area (Å²) < 4.78 is 1.48. The van der Waals surface area contributed by atoms with Crippen LogP contribution in [0.1, 0.15) is 48.9 Å². The highest BCUT2D eigenvalue weighted by Crippen LogP contribution is 2.18. The Morgan fingerprint density at radius 2 is 2.00 bits per heavy atom. The number of aryl methyl sites for hydroxylation is 2. The molecule has 0 fully saturated rings. The molecule has 0 aliphatic heterocycles. The molecule has 0 saturated carbocycles. The van der Waals surface area contributed by atoms with Crippen molar-refractivity contribution >= 4 is 5.91 Å². The highest BCUT2D eigenvalue weighted by molar-refractivity contribution is 5.76. The molecule has 1 atom stereocenters. The lowest BCUT2D eigenvalue weighted by Crippen LogP contribution is -2.33. The van der Waals surface area contributed by atoms with Crippen LogP contribution in [0.25, 0.3) is 0 Å². The minimum atomic E-state index is -0.0763. The molecule has 1 amide bonds. The molecular formula is C20H25N3O2. The first kappa shape index (κ1) is 17.4. The van der Waals surface area contributed by atoms with Gasteiger partial charge in [-0.25, -0.2) is 4.68 Å². The summed E-state index contributed by atoms with van der Waals surface area (Å²) in [6.07, 6.45) is 4.60. The quantitative estimate of drug-likeness (QED) is 0.879. The number of hydrogen-bond donors (Lipinski definition) is 1. The van der Waals surface area contributed by atoms with E-state index in [0.29, 0.717) is 19.5 Å². The number of fused-ring (bicyclic) bond motifs is 1. The highest BCUT2D eigenvalue weighted by atomic mass is 16.1. The first-order valence-electron chi connectivity index (χ1n) is 9.05. The molecule has 1 unspecified atom stereocenters. The molecule has 1 aromatic carbocycles.